The maximum Gasteiger partial charge on any atom is 0.129 e. The van der Waals surface area contributed by atoms with Gasteiger partial charge in [0.25, 0.3) is 0 Å². The molecular formula is C65H66IrN2O-2. The number of fused-ring (bicyclic) bond motifs is 6. The molecule has 0 amide bonds. The Morgan fingerprint density at radius 3 is 1.94 bits per heavy atom. The van der Waals surface area contributed by atoms with Crippen LogP contribution in [0.15, 0.2) is 156 Å². The number of hydrogen-bond donors (Lipinski definition) is 0. The second kappa shape index (κ2) is 18.4. The van der Waals surface area contributed by atoms with Crippen LogP contribution in [0.1, 0.15) is 118 Å². The van der Waals surface area contributed by atoms with Gasteiger partial charge >= 0.3 is 0 Å². The molecule has 1 radical (unpaired) electrons. The number of hydrogen-bond acceptors (Lipinski definition) is 3. The zero-order valence-electron chi connectivity index (χ0n) is 47.1. The van der Waals surface area contributed by atoms with Crippen LogP contribution in [-0.4, -0.2) is 9.97 Å². The predicted octanol–water partition coefficient (Wildman–Crippen LogP) is 17.8. The molecule has 353 valence electrons. The molecule has 0 aliphatic heterocycles. The van der Waals surface area contributed by atoms with Gasteiger partial charge in [0.1, 0.15) is 5.58 Å². The molecule has 9 aromatic rings. The monoisotopic (exact) mass is 1090 g/mol. The third-order valence-electron chi connectivity index (χ3n) is 15.0. The van der Waals surface area contributed by atoms with Crippen molar-refractivity contribution in [3.63, 3.8) is 0 Å². The molecule has 69 heavy (non-hydrogen) atoms. The van der Waals surface area contributed by atoms with Crippen LogP contribution < -0.4 is 0 Å². The number of furan rings is 1. The first kappa shape index (κ1) is 43.1. The zero-order valence-corrected chi connectivity index (χ0v) is 44.5. The van der Waals surface area contributed by atoms with Crippen molar-refractivity contribution in [3.8, 4) is 55.9 Å². The maximum atomic E-state index is 9.13. The van der Waals surface area contributed by atoms with Gasteiger partial charge in [-0.2, -0.15) is 0 Å². The van der Waals surface area contributed by atoms with Crippen LogP contribution >= 0.6 is 0 Å². The molecule has 0 saturated heterocycles. The first-order valence-electron chi connectivity index (χ1n) is 26.3. The Balaban J connectivity index is 0.000000365. The minimum absolute atomic E-state index is 0. The summed E-state index contributed by atoms with van der Waals surface area (Å²) in [7, 11) is 0. The van der Waals surface area contributed by atoms with E-state index in [2.05, 4.69) is 175 Å². The van der Waals surface area contributed by atoms with E-state index in [1.165, 1.54) is 34.0 Å². The smallest absolute Gasteiger partial charge is 0.129 e. The van der Waals surface area contributed by atoms with Crippen LogP contribution in [0, 0.1) is 29.8 Å². The fraction of sp³-hybridized carbons (Fsp3) is 0.292. The minimum Gasteiger partial charge on any atom is -0.500 e. The van der Waals surface area contributed by atoms with Crippen molar-refractivity contribution in [2.24, 2.45) is 10.8 Å². The minimum atomic E-state index is -2.55. The first-order chi connectivity index (χ1) is 34.2. The van der Waals surface area contributed by atoms with Gasteiger partial charge in [-0.25, -0.2) is 0 Å². The molecule has 4 heteroatoms. The number of nitrogens with zero attached hydrogens (tertiary/aromatic N) is 2. The molecule has 0 bridgehead atoms. The van der Waals surface area contributed by atoms with E-state index in [0.29, 0.717) is 16.8 Å². The molecule has 3 heterocycles. The van der Waals surface area contributed by atoms with Gasteiger partial charge in [-0.15, -0.1) is 54.1 Å². The molecule has 3 nitrogen and oxygen atoms in total. The summed E-state index contributed by atoms with van der Waals surface area (Å²) in [6.07, 6.45) is 1.28. The summed E-state index contributed by atoms with van der Waals surface area (Å²) < 4.78 is 50.0. The summed E-state index contributed by atoms with van der Waals surface area (Å²) in [6, 6.07) is 54.5. The molecule has 0 fully saturated rings. The Labute approximate surface area is 432 Å². The maximum absolute atomic E-state index is 9.13. The molecular weight excluding hydrogens is 1020 g/mol. The third-order valence-corrected chi connectivity index (χ3v) is 15.0. The largest absolute Gasteiger partial charge is 0.500 e. The van der Waals surface area contributed by atoms with E-state index in [-0.39, 0.29) is 52.9 Å². The van der Waals surface area contributed by atoms with Crippen molar-refractivity contribution in [2.75, 3.05) is 0 Å². The molecule has 0 spiro atoms. The number of pyridine rings is 2. The van der Waals surface area contributed by atoms with E-state index >= 15 is 0 Å². The Morgan fingerprint density at radius 1 is 0.594 bits per heavy atom. The Bertz CT molecular complexity index is 3510. The fourth-order valence-electron chi connectivity index (χ4n) is 9.96. The van der Waals surface area contributed by atoms with Gasteiger partial charge in [0.05, 0.1) is 5.58 Å². The van der Waals surface area contributed by atoms with Crippen LogP contribution in [0.2, 0.25) is 0 Å². The Kier molecular flexibility index (Phi) is 11.5. The van der Waals surface area contributed by atoms with E-state index in [4.69, 9.17) is 11.3 Å². The normalized spacial score (nSPS) is 16.2. The SMILES string of the molecule is CC(C)(C)c1ccc(-c2[c-]cccc2)nc1.[2H]C([2H])([2H])c1cnc(-c2[c-]ccc3c2oc2c(-c4ccc5c(c4)C(C)(C)C(C)(C)C(C)(C)c4ccccc4-5)c(-c4ccccc4)ccc23)cc1C([2H])([2H])C(C)(C)C.[Ir]. The summed E-state index contributed by atoms with van der Waals surface area (Å²) in [4.78, 5) is 9.12. The Morgan fingerprint density at radius 2 is 1.26 bits per heavy atom. The van der Waals surface area contributed by atoms with E-state index in [0.717, 1.165) is 49.9 Å². The van der Waals surface area contributed by atoms with Crippen LogP contribution in [0.25, 0.3) is 77.8 Å². The van der Waals surface area contributed by atoms with Crippen LogP contribution in [0.4, 0.5) is 0 Å². The van der Waals surface area contributed by atoms with Crippen molar-refractivity contribution in [2.45, 2.75) is 113 Å². The van der Waals surface area contributed by atoms with Gasteiger partial charge < -0.3 is 14.4 Å². The molecule has 0 atom stereocenters. The van der Waals surface area contributed by atoms with Gasteiger partial charge in [0.15, 0.2) is 0 Å². The molecule has 10 rings (SSSR count). The number of aryl methyl sites for hydroxylation is 1. The average Bonchev–Trinajstić information content (AvgIpc) is 3.73. The van der Waals surface area contributed by atoms with Gasteiger partial charge in [-0.1, -0.05) is 197 Å². The van der Waals surface area contributed by atoms with E-state index in [1.54, 1.807) is 26.8 Å². The number of rotatable bonds is 5. The summed E-state index contributed by atoms with van der Waals surface area (Å²) in [5, 5.41) is 1.80. The second-order valence-electron chi connectivity index (χ2n) is 22.1. The second-order valence-corrected chi connectivity index (χ2v) is 22.1. The van der Waals surface area contributed by atoms with Gasteiger partial charge in [0.2, 0.25) is 0 Å². The van der Waals surface area contributed by atoms with Crippen molar-refractivity contribution in [1.29, 1.82) is 0 Å². The first-order valence-corrected chi connectivity index (χ1v) is 23.8. The standard InChI is InChI=1S/C50H50NO.C15H16N.Ir/c1-31-30-51-43(28-34(31)29-47(2,3)4)40-21-16-20-38-39-26-25-35(32-17-12-11-13-18-32)44(46(39)52-45(38)40)33-23-24-37-36-19-14-15-22-41(36)48(5,6)50(9,10)49(7,8)42(37)27-33;1-15(2,3)13-9-10-14(16-11-13)12-7-5-4-6-8-12;/h11-20,22-28,30H,29H2,1-10H3;4-7,9-11H,1-3H3;/q2*-1;/i1D3,29D2;;. The quantitative estimate of drug-likeness (QED) is 0.161. The average molecular weight is 1090 g/mol. The van der Waals surface area contributed by atoms with E-state index in [9.17, 15) is 0 Å². The topological polar surface area (TPSA) is 38.9 Å². The predicted molar refractivity (Wildman–Crippen MR) is 287 cm³/mol. The van der Waals surface area contributed by atoms with Crippen molar-refractivity contribution in [1.82, 2.24) is 9.97 Å². The Hall–Kier alpha value is -5.93. The zero-order chi connectivity index (χ0) is 52.7. The van der Waals surface area contributed by atoms with E-state index < -0.39 is 18.6 Å². The fourth-order valence-corrected chi connectivity index (χ4v) is 9.96. The molecule has 1 aliphatic carbocycles. The summed E-state index contributed by atoms with van der Waals surface area (Å²) in [6.45, 7) is 23.7. The molecule has 0 saturated carbocycles. The van der Waals surface area contributed by atoms with Crippen LogP contribution in [0.5, 0.6) is 0 Å². The van der Waals surface area contributed by atoms with E-state index in [1.807, 2.05) is 48.7 Å². The summed E-state index contributed by atoms with van der Waals surface area (Å²) in [5.74, 6) is 0. The van der Waals surface area contributed by atoms with Crippen molar-refractivity contribution >= 4 is 21.9 Å². The van der Waals surface area contributed by atoms with Crippen LogP contribution in [-0.2, 0) is 42.7 Å². The number of aromatic nitrogens is 2. The van der Waals surface area contributed by atoms with Gasteiger partial charge in [-0.3, -0.25) is 0 Å². The third kappa shape index (κ3) is 9.08. The van der Waals surface area contributed by atoms with Gasteiger partial charge in [-0.05, 0) is 108 Å². The number of benzene rings is 6. The van der Waals surface area contributed by atoms with Crippen LogP contribution in [0.3, 0.4) is 0 Å². The molecule has 3 aromatic heterocycles. The molecule has 1 aliphatic rings. The van der Waals surface area contributed by atoms with Crippen molar-refractivity contribution in [3.05, 3.63) is 192 Å². The van der Waals surface area contributed by atoms with Crippen molar-refractivity contribution < 1.29 is 31.4 Å². The molecule has 6 aromatic carbocycles. The summed E-state index contributed by atoms with van der Waals surface area (Å²) in [5.41, 5.74) is 13.5. The molecule has 0 N–H and O–H groups in total. The molecule has 0 unspecified atom stereocenters. The summed E-state index contributed by atoms with van der Waals surface area (Å²) >= 11 is 0. The van der Waals surface area contributed by atoms with Gasteiger partial charge in [0, 0.05) is 50.3 Å².